The van der Waals surface area contributed by atoms with Gasteiger partial charge >= 0.3 is 0 Å². The number of quaternary nitrogens is 1. The minimum Gasteiger partial charge on any atom is -0.335 e. The Labute approximate surface area is 178 Å². The molecule has 0 aliphatic carbocycles. The highest BCUT2D eigenvalue weighted by atomic mass is 16.2. The number of aromatic nitrogens is 2. The van der Waals surface area contributed by atoms with Gasteiger partial charge in [0.2, 0.25) is 5.91 Å². The summed E-state index contributed by atoms with van der Waals surface area (Å²) in [7, 11) is 0. The number of nitrogens with one attached hydrogen (secondary N) is 1. The van der Waals surface area contributed by atoms with E-state index in [2.05, 4.69) is 30.3 Å². The maximum Gasteiger partial charge on any atom is 0.228 e. The van der Waals surface area contributed by atoms with Gasteiger partial charge in [-0.25, -0.2) is 4.68 Å². The summed E-state index contributed by atoms with van der Waals surface area (Å²) in [5.74, 6) is 0.925. The van der Waals surface area contributed by atoms with Crippen molar-refractivity contribution in [1.29, 1.82) is 0 Å². The van der Waals surface area contributed by atoms with Crippen molar-refractivity contribution in [3.8, 4) is 5.69 Å². The molecule has 30 heavy (non-hydrogen) atoms. The zero-order chi connectivity index (χ0) is 20.8. The predicted molar refractivity (Wildman–Crippen MR) is 120 cm³/mol. The Morgan fingerprint density at radius 1 is 1.03 bits per heavy atom. The summed E-state index contributed by atoms with van der Waals surface area (Å²) in [6.07, 6.45) is 5.60. The van der Waals surface area contributed by atoms with Crippen LogP contribution in [0.1, 0.15) is 31.7 Å². The lowest BCUT2D eigenvalue weighted by Gasteiger charge is -2.35. The molecule has 5 heteroatoms. The molecule has 2 heterocycles. The van der Waals surface area contributed by atoms with Crippen LogP contribution in [0.25, 0.3) is 5.69 Å². The van der Waals surface area contributed by atoms with E-state index in [1.165, 1.54) is 5.56 Å². The van der Waals surface area contributed by atoms with E-state index in [1.54, 1.807) is 4.90 Å². The van der Waals surface area contributed by atoms with Gasteiger partial charge in [-0.2, -0.15) is 0 Å². The van der Waals surface area contributed by atoms with Gasteiger partial charge in [0.25, 0.3) is 0 Å². The number of rotatable bonds is 7. The lowest BCUT2D eigenvalue weighted by Crippen LogP contribution is -3.13. The van der Waals surface area contributed by atoms with Gasteiger partial charge in [-0.3, -0.25) is 9.69 Å². The van der Waals surface area contributed by atoms with Gasteiger partial charge < -0.3 is 4.90 Å². The van der Waals surface area contributed by atoms with Crippen molar-refractivity contribution in [1.82, 2.24) is 9.78 Å². The molecule has 1 aliphatic heterocycles. The smallest absolute Gasteiger partial charge is 0.228 e. The summed E-state index contributed by atoms with van der Waals surface area (Å²) in [6, 6.07) is 22.9. The average Bonchev–Trinajstić information content (AvgIpc) is 3.29. The second kappa shape index (κ2) is 9.72. The molecule has 1 aromatic heterocycles. The van der Waals surface area contributed by atoms with Crippen LogP contribution in [0, 0.1) is 0 Å². The first-order valence-corrected chi connectivity index (χ1v) is 11.0. The van der Waals surface area contributed by atoms with E-state index in [0.717, 1.165) is 50.4 Å². The van der Waals surface area contributed by atoms with Crippen LogP contribution in [0.5, 0.6) is 0 Å². The molecule has 0 bridgehead atoms. The normalized spacial score (nSPS) is 18.8. The van der Waals surface area contributed by atoms with Crippen LogP contribution in [0.15, 0.2) is 72.9 Å². The maximum atomic E-state index is 12.8. The fourth-order valence-corrected chi connectivity index (χ4v) is 4.34. The number of hydrogen-bond donors (Lipinski definition) is 1. The molecule has 5 nitrogen and oxygen atoms in total. The molecule has 0 radical (unpaired) electrons. The third-order valence-corrected chi connectivity index (χ3v) is 6.05. The lowest BCUT2D eigenvalue weighted by atomic mass is 10.0. The monoisotopic (exact) mass is 403 g/mol. The largest absolute Gasteiger partial charge is 0.335 e. The third-order valence-electron chi connectivity index (χ3n) is 6.05. The van der Waals surface area contributed by atoms with Gasteiger partial charge in [-0.05, 0) is 17.7 Å². The summed E-state index contributed by atoms with van der Waals surface area (Å²) in [6.45, 7) is 5.29. The van der Waals surface area contributed by atoms with Gasteiger partial charge in [-0.15, -0.1) is 5.10 Å². The molecule has 1 fully saturated rings. The zero-order valence-corrected chi connectivity index (χ0v) is 17.7. The third kappa shape index (κ3) is 4.79. The topological polar surface area (TPSA) is 42.6 Å². The van der Waals surface area contributed by atoms with Crippen LogP contribution in [-0.4, -0.2) is 41.4 Å². The Morgan fingerprint density at radius 3 is 2.37 bits per heavy atom. The number of nitrogens with zero attached hydrogens (tertiary/aromatic N) is 3. The number of anilines is 1. The van der Waals surface area contributed by atoms with Gasteiger partial charge in [0, 0.05) is 44.0 Å². The molecule has 156 valence electrons. The van der Waals surface area contributed by atoms with Gasteiger partial charge in [0.15, 0.2) is 5.82 Å². The molecule has 1 amide bonds. The van der Waals surface area contributed by atoms with Crippen LogP contribution in [0.4, 0.5) is 5.82 Å². The summed E-state index contributed by atoms with van der Waals surface area (Å²) >= 11 is 0. The Balaban J connectivity index is 1.40. The van der Waals surface area contributed by atoms with E-state index in [9.17, 15) is 4.79 Å². The Morgan fingerprint density at radius 2 is 1.70 bits per heavy atom. The molecule has 1 aliphatic rings. The van der Waals surface area contributed by atoms with Crippen molar-refractivity contribution in [3.63, 3.8) is 0 Å². The minimum atomic E-state index is 0.158. The minimum absolute atomic E-state index is 0.158. The average molecular weight is 404 g/mol. The first-order valence-electron chi connectivity index (χ1n) is 11.0. The molecule has 2 aromatic carbocycles. The van der Waals surface area contributed by atoms with E-state index in [1.807, 2.05) is 59.1 Å². The van der Waals surface area contributed by atoms with Crippen LogP contribution in [-0.2, 0) is 11.2 Å². The maximum absolute atomic E-state index is 12.8. The number of carbonyl (C=O) groups excluding carboxylic acids is 1. The van der Waals surface area contributed by atoms with Gasteiger partial charge in [0.05, 0.1) is 25.3 Å². The first kappa shape index (κ1) is 20.4. The van der Waals surface area contributed by atoms with Crippen LogP contribution in [0.3, 0.4) is 0 Å². The van der Waals surface area contributed by atoms with E-state index in [4.69, 9.17) is 5.10 Å². The Kier molecular flexibility index (Phi) is 6.60. The predicted octanol–water partition coefficient (Wildman–Crippen LogP) is 2.91. The molecule has 0 atom stereocenters. The van der Waals surface area contributed by atoms with E-state index >= 15 is 0 Å². The van der Waals surface area contributed by atoms with E-state index in [-0.39, 0.29) is 11.9 Å². The van der Waals surface area contributed by atoms with Gasteiger partial charge in [0.1, 0.15) is 0 Å². The van der Waals surface area contributed by atoms with Crippen molar-refractivity contribution in [2.75, 3.05) is 24.5 Å². The Bertz CT molecular complexity index is 930. The van der Waals surface area contributed by atoms with Crippen LogP contribution in [0.2, 0.25) is 0 Å². The highest BCUT2D eigenvalue weighted by Crippen LogP contribution is 2.22. The van der Waals surface area contributed by atoms with Crippen molar-refractivity contribution < 1.29 is 9.69 Å². The summed E-state index contributed by atoms with van der Waals surface area (Å²) in [5, 5.41) is 4.74. The molecule has 0 spiro atoms. The van der Waals surface area contributed by atoms with Gasteiger partial charge in [-0.1, -0.05) is 55.5 Å². The highest BCUT2D eigenvalue weighted by molar-refractivity contribution is 5.92. The SMILES string of the molecule is CCC(=O)N(c1ccn(-c2ccccc2)n1)C1CC[NH+](CCc2ccccc2)CC1. The summed E-state index contributed by atoms with van der Waals surface area (Å²) < 4.78 is 1.85. The molecule has 0 saturated carbocycles. The molecular weight excluding hydrogens is 372 g/mol. The number of piperidine rings is 1. The summed E-state index contributed by atoms with van der Waals surface area (Å²) in [4.78, 5) is 16.4. The molecular formula is C25H31N4O+. The lowest BCUT2D eigenvalue weighted by molar-refractivity contribution is -0.904. The number of carbonyl (C=O) groups is 1. The van der Waals surface area contributed by atoms with E-state index < -0.39 is 0 Å². The van der Waals surface area contributed by atoms with Crippen molar-refractivity contribution in [2.45, 2.75) is 38.6 Å². The summed E-state index contributed by atoms with van der Waals surface area (Å²) in [5.41, 5.74) is 2.41. The molecule has 0 unspecified atom stereocenters. The molecule has 1 N–H and O–H groups in total. The standard InChI is InChI=1S/C25H30N4O/c1-2-25(30)29(24-16-20-28(26-24)22-11-7-4-8-12-22)23-14-18-27(19-15-23)17-13-21-9-5-3-6-10-21/h3-12,16,20,23H,2,13-15,17-19H2,1H3/p+1. The fourth-order valence-electron chi connectivity index (χ4n) is 4.34. The second-order valence-corrected chi connectivity index (χ2v) is 8.04. The second-order valence-electron chi connectivity index (χ2n) is 8.04. The fraction of sp³-hybridized carbons (Fsp3) is 0.360. The van der Waals surface area contributed by atoms with E-state index in [0.29, 0.717) is 6.42 Å². The van der Waals surface area contributed by atoms with Crippen LogP contribution >= 0.6 is 0 Å². The molecule has 3 aromatic rings. The number of hydrogen-bond acceptors (Lipinski definition) is 2. The van der Waals surface area contributed by atoms with Crippen molar-refractivity contribution in [2.24, 2.45) is 0 Å². The number of amides is 1. The van der Waals surface area contributed by atoms with Crippen molar-refractivity contribution >= 4 is 11.7 Å². The quantitative estimate of drug-likeness (QED) is 0.659. The number of para-hydroxylation sites is 1. The zero-order valence-electron chi connectivity index (χ0n) is 17.7. The molecule has 1 saturated heterocycles. The van der Waals surface area contributed by atoms with Crippen LogP contribution < -0.4 is 9.80 Å². The van der Waals surface area contributed by atoms with Crippen molar-refractivity contribution in [3.05, 3.63) is 78.5 Å². The number of likely N-dealkylation sites (tertiary alicyclic amines) is 1. The highest BCUT2D eigenvalue weighted by Gasteiger charge is 2.31. The Hall–Kier alpha value is -2.92. The number of benzene rings is 2. The molecule has 4 rings (SSSR count). The first-order chi connectivity index (χ1) is 14.7.